The van der Waals surface area contributed by atoms with Crippen LogP contribution in [0.15, 0.2) is 59.7 Å². The molecular weight excluding hydrogens is 366 g/mol. The molecule has 0 fully saturated rings. The summed E-state index contributed by atoms with van der Waals surface area (Å²) in [6.45, 7) is 2.90. The van der Waals surface area contributed by atoms with Crippen molar-refractivity contribution in [1.29, 1.82) is 0 Å². The van der Waals surface area contributed by atoms with Crippen molar-refractivity contribution in [2.75, 3.05) is 27.2 Å². The van der Waals surface area contributed by atoms with Crippen molar-refractivity contribution in [2.45, 2.75) is 19.8 Å². The number of nitrogens with zero attached hydrogens (tertiary/aromatic N) is 5. The Morgan fingerprint density at radius 3 is 2.72 bits per heavy atom. The van der Waals surface area contributed by atoms with Gasteiger partial charge >= 0.3 is 0 Å². The van der Waals surface area contributed by atoms with E-state index in [1.807, 2.05) is 68.8 Å². The van der Waals surface area contributed by atoms with E-state index in [4.69, 9.17) is 4.74 Å². The molecule has 0 amide bonds. The van der Waals surface area contributed by atoms with Gasteiger partial charge in [-0.05, 0) is 25.7 Å². The molecule has 3 aromatic rings. The van der Waals surface area contributed by atoms with Crippen LogP contribution >= 0.6 is 0 Å². The molecule has 0 saturated heterocycles. The van der Waals surface area contributed by atoms with Gasteiger partial charge in [0, 0.05) is 23.9 Å². The zero-order valence-electron chi connectivity index (χ0n) is 16.9. The first-order valence-electron chi connectivity index (χ1n) is 9.58. The van der Waals surface area contributed by atoms with E-state index < -0.39 is 0 Å². The van der Waals surface area contributed by atoms with Gasteiger partial charge in [-0.1, -0.05) is 47.7 Å². The van der Waals surface area contributed by atoms with E-state index in [0.29, 0.717) is 31.9 Å². The Hall–Kier alpha value is -3.03. The lowest BCUT2D eigenvalue weighted by Gasteiger charge is -2.08. The monoisotopic (exact) mass is 393 g/mol. The van der Waals surface area contributed by atoms with Gasteiger partial charge in [0.15, 0.2) is 0 Å². The first-order chi connectivity index (χ1) is 14.1. The lowest BCUT2D eigenvalue weighted by molar-refractivity contribution is 0.104. The molecule has 0 aliphatic rings. The van der Waals surface area contributed by atoms with Crippen LogP contribution in [0.1, 0.15) is 22.4 Å². The second-order valence-electron chi connectivity index (χ2n) is 7.08. The van der Waals surface area contributed by atoms with Crippen molar-refractivity contribution in [3.8, 4) is 5.75 Å². The maximum Gasteiger partial charge on any atom is 0.129 e. The fourth-order valence-electron chi connectivity index (χ4n) is 2.77. The van der Waals surface area contributed by atoms with Crippen LogP contribution in [0.2, 0.25) is 0 Å². The quantitative estimate of drug-likeness (QED) is 0.536. The molecule has 0 aliphatic carbocycles. The third kappa shape index (κ3) is 6.51. The molecule has 1 aromatic heterocycles. The predicted octanol–water partition coefficient (Wildman–Crippen LogP) is 2.73. The van der Waals surface area contributed by atoms with Gasteiger partial charge < -0.3 is 14.7 Å². The molecule has 1 heterocycles. The molecular formula is C22H27N5O2. The number of hydrogen-bond donors (Lipinski definition) is 1. The van der Waals surface area contributed by atoms with Crippen LogP contribution in [0, 0.1) is 0 Å². The maximum atomic E-state index is 10.5. The summed E-state index contributed by atoms with van der Waals surface area (Å²) >= 11 is 0. The Morgan fingerprint density at radius 2 is 1.93 bits per heavy atom. The zero-order chi connectivity index (χ0) is 20.5. The number of ether oxygens (including phenoxy) is 1. The highest BCUT2D eigenvalue weighted by Crippen LogP contribution is 2.22. The first-order valence-corrected chi connectivity index (χ1v) is 9.58. The number of aromatic hydroxyl groups is 1. The molecule has 0 unspecified atom stereocenters. The van der Waals surface area contributed by atoms with Crippen LogP contribution in [0.5, 0.6) is 5.75 Å². The van der Waals surface area contributed by atoms with Crippen molar-refractivity contribution >= 4 is 6.21 Å². The number of rotatable bonds is 10. The Balaban J connectivity index is 1.55. The molecule has 0 saturated carbocycles. The van der Waals surface area contributed by atoms with Crippen LogP contribution < -0.4 is 0 Å². The number of aliphatic imine (C=N–C) groups is 1. The SMILES string of the molecule is CN(C)CCN=Cc1cccc(Cn2cc(COCc3ccccc3)nn2)c1O. The van der Waals surface area contributed by atoms with Crippen LogP contribution in [-0.4, -0.2) is 58.4 Å². The van der Waals surface area contributed by atoms with Gasteiger partial charge in [-0.3, -0.25) is 4.99 Å². The second kappa shape index (κ2) is 10.5. The van der Waals surface area contributed by atoms with Gasteiger partial charge in [0.2, 0.25) is 0 Å². The summed E-state index contributed by atoms with van der Waals surface area (Å²) in [5.41, 5.74) is 3.34. The number of benzene rings is 2. The molecule has 0 bridgehead atoms. The molecule has 0 radical (unpaired) electrons. The molecule has 2 aromatic carbocycles. The summed E-state index contributed by atoms with van der Waals surface area (Å²) in [5, 5.41) is 18.8. The van der Waals surface area contributed by atoms with Gasteiger partial charge in [-0.15, -0.1) is 5.10 Å². The number of phenolic OH excluding ortho intramolecular Hbond substituents is 1. The first kappa shape index (κ1) is 20.7. The Kier molecular flexibility index (Phi) is 7.49. The number of likely N-dealkylation sites (N-methyl/N-ethyl adjacent to an activating group) is 1. The molecule has 0 spiro atoms. The van der Waals surface area contributed by atoms with Gasteiger partial charge in [0.25, 0.3) is 0 Å². The van der Waals surface area contributed by atoms with Gasteiger partial charge in [0.1, 0.15) is 11.4 Å². The maximum absolute atomic E-state index is 10.5. The van der Waals surface area contributed by atoms with E-state index >= 15 is 0 Å². The Labute approximate surface area is 171 Å². The summed E-state index contributed by atoms with van der Waals surface area (Å²) < 4.78 is 7.40. The predicted molar refractivity (Wildman–Crippen MR) is 113 cm³/mol. The third-order valence-corrected chi connectivity index (χ3v) is 4.34. The minimum absolute atomic E-state index is 0.221. The molecule has 3 rings (SSSR count). The summed E-state index contributed by atoms with van der Waals surface area (Å²) in [6, 6.07) is 15.6. The van der Waals surface area contributed by atoms with E-state index in [-0.39, 0.29) is 5.75 Å². The van der Waals surface area contributed by atoms with Crippen molar-refractivity contribution in [3.63, 3.8) is 0 Å². The standard InChI is InChI=1S/C22H27N5O2/c1-26(2)12-11-23-13-19-9-6-10-20(22(19)28)14-27-15-21(24-25-27)17-29-16-18-7-4-3-5-8-18/h3-10,13,15,28H,11-12,14,16-17H2,1-2H3. The Bertz CT molecular complexity index is 922. The summed E-state index contributed by atoms with van der Waals surface area (Å²) in [4.78, 5) is 6.44. The normalized spacial score (nSPS) is 11.6. The van der Waals surface area contributed by atoms with Gasteiger partial charge in [-0.25, -0.2) is 4.68 Å². The summed E-state index contributed by atoms with van der Waals surface area (Å²) in [7, 11) is 4.01. The van der Waals surface area contributed by atoms with E-state index in [9.17, 15) is 5.11 Å². The van der Waals surface area contributed by atoms with Crippen molar-refractivity contribution in [2.24, 2.45) is 4.99 Å². The van der Waals surface area contributed by atoms with Crippen LogP contribution in [-0.2, 0) is 24.5 Å². The van der Waals surface area contributed by atoms with Crippen molar-refractivity contribution < 1.29 is 9.84 Å². The van der Waals surface area contributed by atoms with Crippen LogP contribution in [0.3, 0.4) is 0 Å². The minimum Gasteiger partial charge on any atom is -0.507 e. The fourth-order valence-corrected chi connectivity index (χ4v) is 2.77. The topological polar surface area (TPSA) is 75.8 Å². The summed E-state index contributed by atoms with van der Waals surface area (Å²) in [6.07, 6.45) is 3.55. The number of phenols is 1. The lowest BCUT2D eigenvalue weighted by Crippen LogP contribution is -2.15. The number of aromatic nitrogens is 3. The van der Waals surface area contributed by atoms with Crippen molar-refractivity contribution in [1.82, 2.24) is 19.9 Å². The zero-order valence-corrected chi connectivity index (χ0v) is 16.9. The van der Waals surface area contributed by atoms with Gasteiger partial charge in [-0.2, -0.15) is 0 Å². The largest absolute Gasteiger partial charge is 0.507 e. The molecule has 7 nitrogen and oxygen atoms in total. The van der Waals surface area contributed by atoms with Gasteiger partial charge in [0.05, 0.1) is 32.5 Å². The molecule has 29 heavy (non-hydrogen) atoms. The molecule has 152 valence electrons. The molecule has 0 atom stereocenters. The number of para-hydroxylation sites is 1. The second-order valence-corrected chi connectivity index (χ2v) is 7.08. The average Bonchev–Trinajstić information content (AvgIpc) is 3.16. The van der Waals surface area contributed by atoms with Crippen LogP contribution in [0.25, 0.3) is 0 Å². The third-order valence-electron chi connectivity index (χ3n) is 4.34. The molecule has 0 aliphatic heterocycles. The highest BCUT2D eigenvalue weighted by molar-refractivity contribution is 5.84. The highest BCUT2D eigenvalue weighted by atomic mass is 16.5. The van der Waals surface area contributed by atoms with Crippen LogP contribution in [0.4, 0.5) is 0 Å². The summed E-state index contributed by atoms with van der Waals surface area (Å²) in [5.74, 6) is 0.221. The Morgan fingerprint density at radius 1 is 1.10 bits per heavy atom. The lowest BCUT2D eigenvalue weighted by atomic mass is 10.1. The molecule has 7 heteroatoms. The van der Waals surface area contributed by atoms with E-state index in [1.165, 1.54) is 0 Å². The minimum atomic E-state index is 0.221. The average molecular weight is 393 g/mol. The van der Waals surface area contributed by atoms with E-state index in [0.717, 1.165) is 23.4 Å². The molecule has 1 N–H and O–H groups in total. The van der Waals surface area contributed by atoms with E-state index in [2.05, 4.69) is 20.2 Å². The van der Waals surface area contributed by atoms with E-state index in [1.54, 1.807) is 10.9 Å². The fraction of sp³-hybridized carbons (Fsp3) is 0.318. The highest BCUT2D eigenvalue weighted by Gasteiger charge is 2.08. The van der Waals surface area contributed by atoms with Crippen molar-refractivity contribution in [3.05, 3.63) is 77.1 Å². The number of hydrogen-bond acceptors (Lipinski definition) is 6. The smallest absolute Gasteiger partial charge is 0.129 e.